The molecule has 5 nitrogen and oxygen atoms in total. The van der Waals surface area contributed by atoms with Crippen molar-refractivity contribution < 1.29 is 0 Å². The predicted octanol–water partition coefficient (Wildman–Crippen LogP) is 5.26. The number of piperazine rings is 1. The van der Waals surface area contributed by atoms with Crippen LogP contribution in [0.4, 0.5) is 11.6 Å². The van der Waals surface area contributed by atoms with Gasteiger partial charge in [0.2, 0.25) is 0 Å². The summed E-state index contributed by atoms with van der Waals surface area (Å²) in [5.74, 6) is 4.56. The normalized spacial score (nSPS) is 16.5. The fourth-order valence-corrected chi connectivity index (χ4v) is 5.27. The molecular weight excluding hydrogens is 497 g/mol. The summed E-state index contributed by atoms with van der Waals surface area (Å²) in [6.07, 6.45) is 1.99. The van der Waals surface area contributed by atoms with Gasteiger partial charge in [0.25, 0.3) is 0 Å². The third kappa shape index (κ3) is 6.17. The van der Waals surface area contributed by atoms with Crippen LogP contribution in [0.5, 0.6) is 0 Å². The van der Waals surface area contributed by atoms with Gasteiger partial charge < -0.3 is 14.7 Å². The third-order valence-corrected chi connectivity index (χ3v) is 7.16. The van der Waals surface area contributed by atoms with Crippen molar-refractivity contribution in [3.63, 3.8) is 0 Å². The zero-order valence-electron chi connectivity index (χ0n) is 18.9. The number of hydrogen-bond acceptors (Lipinski definition) is 6. The molecule has 180 valence electrons. The van der Waals surface area contributed by atoms with Crippen LogP contribution in [0.25, 0.3) is 22.0 Å². The van der Waals surface area contributed by atoms with Gasteiger partial charge in [-0.15, -0.1) is 37.2 Å². The molecule has 0 unspecified atom stereocenters. The van der Waals surface area contributed by atoms with Crippen molar-refractivity contribution in [3.05, 3.63) is 48.7 Å². The molecule has 2 aromatic heterocycles. The fraction of sp³-hybridized carbons (Fsp3) is 0.417. The standard InChI is InChI=1S/C24H29N5S.3ClH/c1-2-27-9-11-29(12-10-27)24-21-6-4-3-5-19(21)17-22(26-24)20-7-8-23(25-18-20)28-13-15-30-16-14-28;;;/h3-8,17-18H,2,9-16H2,1H3;3*1H. The van der Waals surface area contributed by atoms with Gasteiger partial charge >= 0.3 is 0 Å². The van der Waals surface area contributed by atoms with E-state index in [0.717, 1.165) is 68.7 Å². The topological polar surface area (TPSA) is 35.5 Å². The van der Waals surface area contributed by atoms with Crippen LogP contribution in [0, 0.1) is 0 Å². The molecule has 9 heteroatoms. The highest BCUT2D eigenvalue weighted by Crippen LogP contribution is 2.31. The molecular formula is C24H32Cl3N5S. The molecule has 0 N–H and O–H groups in total. The average Bonchev–Trinajstić information content (AvgIpc) is 2.84. The second kappa shape index (κ2) is 12.9. The molecule has 2 aliphatic rings. The molecule has 0 aliphatic carbocycles. The van der Waals surface area contributed by atoms with Gasteiger partial charge in [0, 0.05) is 67.9 Å². The number of halogens is 3. The van der Waals surface area contributed by atoms with Gasteiger partial charge in [-0.25, -0.2) is 9.97 Å². The van der Waals surface area contributed by atoms with Gasteiger partial charge in [0.05, 0.1) is 5.69 Å². The van der Waals surface area contributed by atoms with Gasteiger partial charge in [-0.2, -0.15) is 11.8 Å². The molecule has 0 amide bonds. The van der Waals surface area contributed by atoms with Crippen LogP contribution in [-0.2, 0) is 0 Å². The van der Waals surface area contributed by atoms with E-state index in [0.29, 0.717) is 0 Å². The highest BCUT2D eigenvalue weighted by atomic mass is 35.5. The summed E-state index contributed by atoms with van der Waals surface area (Å²) >= 11 is 2.02. The van der Waals surface area contributed by atoms with E-state index in [4.69, 9.17) is 9.97 Å². The number of fused-ring (bicyclic) bond motifs is 1. The Morgan fingerprint density at radius 1 is 0.848 bits per heavy atom. The number of nitrogens with zero attached hydrogens (tertiary/aromatic N) is 5. The maximum atomic E-state index is 5.14. The van der Waals surface area contributed by atoms with Crippen LogP contribution in [0.2, 0.25) is 0 Å². The number of rotatable bonds is 4. The summed E-state index contributed by atoms with van der Waals surface area (Å²) in [5.41, 5.74) is 2.10. The molecule has 2 saturated heterocycles. The minimum absolute atomic E-state index is 0. The summed E-state index contributed by atoms with van der Waals surface area (Å²) in [4.78, 5) is 17.3. The van der Waals surface area contributed by atoms with Crippen LogP contribution < -0.4 is 9.80 Å². The lowest BCUT2D eigenvalue weighted by Crippen LogP contribution is -2.46. The van der Waals surface area contributed by atoms with Crippen molar-refractivity contribution in [2.75, 3.05) is 67.1 Å². The van der Waals surface area contributed by atoms with Gasteiger partial charge in [-0.05, 0) is 30.1 Å². The molecule has 2 aliphatic heterocycles. The van der Waals surface area contributed by atoms with E-state index in [-0.39, 0.29) is 37.2 Å². The first-order chi connectivity index (χ1) is 14.8. The zero-order valence-corrected chi connectivity index (χ0v) is 22.1. The molecule has 1 aromatic carbocycles. The van der Waals surface area contributed by atoms with Crippen molar-refractivity contribution in [2.45, 2.75) is 6.92 Å². The van der Waals surface area contributed by atoms with Crippen LogP contribution in [0.15, 0.2) is 48.7 Å². The van der Waals surface area contributed by atoms with E-state index in [1.165, 1.54) is 22.3 Å². The van der Waals surface area contributed by atoms with E-state index >= 15 is 0 Å². The SMILES string of the molecule is CCN1CCN(c2nc(-c3ccc(N4CCSCC4)nc3)cc3ccccc23)CC1.Cl.Cl.Cl. The lowest BCUT2D eigenvalue weighted by Gasteiger charge is -2.35. The van der Waals surface area contributed by atoms with E-state index in [1.807, 2.05) is 18.0 Å². The van der Waals surface area contributed by atoms with E-state index in [9.17, 15) is 0 Å². The van der Waals surface area contributed by atoms with Gasteiger partial charge in [0.15, 0.2) is 0 Å². The third-order valence-electron chi connectivity index (χ3n) is 6.22. The Morgan fingerprint density at radius 2 is 1.58 bits per heavy atom. The Bertz CT molecular complexity index is 1010. The first-order valence-corrected chi connectivity index (χ1v) is 12.1. The number of aromatic nitrogens is 2. The van der Waals surface area contributed by atoms with E-state index < -0.39 is 0 Å². The van der Waals surface area contributed by atoms with Crippen molar-refractivity contribution in [2.24, 2.45) is 0 Å². The van der Waals surface area contributed by atoms with Crippen molar-refractivity contribution in [1.82, 2.24) is 14.9 Å². The first-order valence-electron chi connectivity index (χ1n) is 11.0. The molecule has 0 atom stereocenters. The van der Waals surface area contributed by atoms with Crippen LogP contribution in [-0.4, -0.2) is 72.2 Å². The number of pyridine rings is 2. The van der Waals surface area contributed by atoms with E-state index in [1.54, 1.807) is 0 Å². The Hall–Kier alpha value is -1.44. The van der Waals surface area contributed by atoms with Crippen molar-refractivity contribution in [1.29, 1.82) is 0 Å². The Kier molecular flexibility index (Phi) is 10.8. The molecule has 2 fully saturated rings. The number of thioether (sulfide) groups is 1. The lowest BCUT2D eigenvalue weighted by atomic mass is 10.1. The summed E-state index contributed by atoms with van der Waals surface area (Å²) in [6, 6.07) is 15.2. The second-order valence-corrected chi connectivity index (χ2v) is 9.20. The summed E-state index contributed by atoms with van der Waals surface area (Å²) in [7, 11) is 0. The van der Waals surface area contributed by atoms with Gasteiger partial charge in [-0.1, -0.05) is 31.2 Å². The van der Waals surface area contributed by atoms with Crippen LogP contribution >= 0.6 is 49.0 Å². The Morgan fingerprint density at radius 3 is 2.24 bits per heavy atom. The highest BCUT2D eigenvalue weighted by Gasteiger charge is 2.20. The largest absolute Gasteiger partial charge is 0.355 e. The molecule has 3 aromatic rings. The number of likely N-dealkylation sites (N-methyl/N-ethyl adjacent to an activating group) is 1. The number of hydrogen-bond donors (Lipinski definition) is 0. The summed E-state index contributed by atoms with van der Waals surface area (Å²) in [5, 5.41) is 2.48. The molecule has 4 heterocycles. The maximum Gasteiger partial charge on any atom is 0.137 e. The van der Waals surface area contributed by atoms with Gasteiger partial charge in [0.1, 0.15) is 11.6 Å². The average molecular weight is 529 g/mol. The number of benzene rings is 1. The van der Waals surface area contributed by atoms with Crippen molar-refractivity contribution >= 4 is 71.4 Å². The fourth-order valence-electron chi connectivity index (χ4n) is 4.36. The molecule has 5 rings (SSSR count). The lowest BCUT2D eigenvalue weighted by molar-refractivity contribution is 0.271. The summed E-state index contributed by atoms with van der Waals surface area (Å²) < 4.78 is 0. The van der Waals surface area contributed by atoms with Crippen LogP contribution in [0.1, 0.15) is 6.92 Å². The predicted molar refractivity (Wildman–Crippen MR) is 151 cm³/mol. The first kappa shape index (κ1) is 27.8. The minimum Gasteiger partial charge on any atom is -0.355 e. The minimum atomic E-state index is 0. The smallest absolute Gasteiger partial charge is 0.137 e. The maximum absolute atomic E-state index is 5.14. The van der Waals surface area contributed by atoms with Crippen molar-refractivity contribution in [3.8, 4) is 11.3 Å². The Balaban J connectivity index is 0.00000128. The molecule has 0 spiro atoms. The molecule has 33 heavy (non-hydrogen) atoms. The number of anilines is 2. The monoisotopic (exact) mass is 527 g/mol. The quantitative estimate of drug-likeness (QED) is 0.460. The summed E-state index contributed by atoms with van der Waals surface area (Å²) in [6.45, 7) is 9.77. The molecule has 0 radical (unpaired) electrons. The zero-order chi connectivity index (χ0) is 20.3. The van der Waals surface area contributed by atoms with Gasteiger partial charge in [-0.3, -0.25) is 0 Å². The Labute approximate surface area is 219 Å². The van der Waals surface area contributed by atoms with Crippen LogP contribution in [0.3, 0.4) is 0 Å². The molecule has 0 saturated carbocycles. The molecule has 0 bridgehead atoms. The highest BCUT2D eigenvalue weighted by molar-refractivity contribution is 7.99. The second-order valence-electron chi connectivity index (χ2n) is 7.98. The van der Waals surface area contributed by atoms with E-state index in [2.05, 4.69) is 64.1 Å².